The Bertz CT molecular complexity index is 658. The third-order valence-corrected chi connectivity index (χ3v) is 5.55. The number of esters is 2. The van der Waals surface area contributed by atoms with Crippen LogP contribution < -0.4 is 5.32 Å². The van der Waals surface area contributed by atoms with E-state index in [1.807, 2.05) is 0 Å². The summed E-state index contributed by atoms with van der Waals surface area (Å²) in [7, 11) is 0. The van der Waals surface area contributed by atoms with Gasteiger partial charge in [-0.25, -0.2) is 0 Å². The highest BCUT2D eigenvalue weighted by Gasteiger charge is 2.38. The first kappa shape index (κ1) is 18.3. The molecule has 0 radical (unpaired) electrons. The van der Waals surface area contributed by atoms with Crippen LogP contribution in [0.2, 0.25) is 0 Å². The molecule has 150 valence electrons. The van der Waals surface area contributed by atoms with E-state index in [0.717, 1.165) is 37.9 Å². The van der Waals surface area contributed by atoms with E-state index in [-0.39, 0.29) is 13.0 Å². The average Bonchev–Trinajstić information content (AvgIpc) is 3.20. The van der Waals surface area contributed by atoms with Crippen LogP contribution in [0.3, 0.4) is 0 Å². The predicted octanol–water partition coefficient (Wildman–Crippen LogP) is 1.02. The molecule has 2 N–H and O–H groups in total. The quantitative estimate of drug-likeness (QED) is 0.642. The van der Waals surface area contributed by atoms with Crippen molar-refractivity contribution in [1.82, 2.24) is 25.9 Å². The van der Waals surface area contributed by atoms with Gasteiger partial charge in [-0.3, -0.25) is 9.59 Å². The standard InChI is InChI=1S/C18H29N5O4/c1-2-26-17(24)7-8-27-18(25)15-10-14-9-12(3-5-13(14)11-19-15)4-6-16-20-22-23-21-16/h12-15,19H,2-11H2,1H3,(H,20,21,22,23)/t12-,13+,14-,15+/m1/s1/i15D. The number of nitrogens with one attached hydrogen (secondary N) is 2. The Hall–Kier alpha value is -2.03. The maximum Gasteiger partial charge on any atom is 0.323 e. The molecule has 1 saturated heterocycles. The van der Waals surface area contributed by atoms with Gasteiger partial charge in [-0.1, -0.05) is 11.6 Å². The number of carbonyl (C=O) groups excluding carboxylic acids is 2. The van der Waals surface area contributed by atoms with Gasteiger partial charge in [-0.15, -0.1) is 10.2 Å². The molecule has 1 aromatic heterocycles. The van der Waals surface area contributed by atoms with Crippen molar-refractivity contribution in [2.24, 2.45) is 17.8 Å². The molecule has 0 amide bonds. The van der Waals surface area contributed by atoms with Crippen LogP contribution in [0.5, 0.6) is 0 Å². The molecule has 9 nitrogen and oxygen atoms in total. The summed E-state index contributed by atoms with van der Waals surface area (Å²) in [5.41, 5.74) is 0. The minimum absolute atomic E-state index is 0.0138. The Morgan fingerprint density at radius 1 is 1.26 bits per heavy atom. The van der Waals surface area contributed by atoms with Crippen LogP contribution >= 0.6 is 0 Å². The van der Waals surface area contributed by atoms with Crippen LogP contribution in [0.25, 0.3) is 0 Å². The average molecular weight is 380 g/mol. The van der Waals surface area contributed by atoms with Crippen LogP contribution in [-0.4, -0.2) is 58.3 Å². The Morgan fingerprint density at radius 2 is 2.15 bits per heavy atom. The topological polar surface area (TPSA) is 119 Å². The summed E-state index contributed by atoms with van der Waals surface area (Å²) < 4.78 is 18.6. The zero-order valence-electron chi connectivity index (χ0n) is 16.8. The zero-order valence-corrected chi connectivity index (χ0v) is 15.8. The number of carbonyl (C=O) groups is 2. The van der Waals surface area contributed by atoms with Crippen molar-refractivity contribution in [2.75, 3.05) is 19.8 Å². The van der Waals surface area contributed by atoms with Gasteiger partial charge in [0.2, 0.25) is 0 Å². The molecule has 2 fully saturated rings. The number of aromatic amines is 1. The van der Waals surface area contributed by atoms with Gasteiger partial charge in [-0.2, -0.15) is 5.21 Å². The molecular weight excluding hydrogens is 350 g/mol. The first-order chi connectivity index (χ1) is 13.5. The van der Waals surface area contributed by atoms with Crippen molar-refractivity contribution in [3.8, 4) is 0 Å². The SMILES string of the molecule is [2H][C@@]1(C(=O)OCCC(=O)OCC)C[C@H]2C[C@@H](CCc3nn[nH]n3)CC[C@H]2CN1. The minimum Gasteiger partial charge on any atom is -0.466 e. The van der Waals surface area contributed by atoms with E-state index in [2.05, 4.69) is 25.9 Å². The van der Waals surface area contributed by atoms with Crippen molar-refractivity contribution in [1.29, 1.82) is 0 Å². The lowest BCUT2D eigenvalue weighted by Gasteiger charge is -2.42. The van der Waals surface area contributed by atoms with Gasteiger partial charge in [-0.05, 0) is 56.9 Å². The zero-order chi connectivity index (χ0) is 20.0. The lowest BCUT2D eigenvalue weighted by atomic mass is 9.69. The molecule has 0 bridgehead atoms. The van der Waals surface area contributed by atoms with Crippen molar-refractivity contribution in [3.05, 3.63) is 5.82 Å². The van der Waals surface area contributed by atoms with Gasteiger partial charge >= 0.3 is 11.9 Å². The predicted molar refractivity (Wildman–Crippen MR) is 95.4 cm³/mol. The normalized spacial score (nSPS) is 30.9. The molecule has 1 aliphatic carbocycles. The van der Waals surface area contributed by atoms with Crippen LogP contribution in [-0.2, 0) is 25.5 Å². The number of tetrazole rings is 1. The summed E-state index contributed by atoms with van der Waals surface area (Å²) in [6, 6.07) is -1.44. The smallest absolute Gasteiger partial charge is 0.323 e. The molecule has 1 aromatic rings. The van der Waals surface area contributed by atoms with Crippen molar-refractivity contribution >= 4 is 11.9 Å². The van der Waals surface area contributed by atoms with E-state index in [1.165, 1.54) is 0 Å². The highest BCUT2D eigenvalue weighted by atomic mass is 16.5. The van der Waals surface area contributed by atoms with Gasteiger partial charge in [0, 0.05) is 6.42 Å². The van der Waals surface area contributed by atoms with Gasteiger partial charge < -0.3 is 14.8 Å². The van der Waals surface area contributed by atoms with Gasteiger partial charge in [0.25, 0.3) is 0 Å². The second-order valence-corrected chi connectivity index (χ2v) is 7.32. The molecule has 0 unspecified atom stereocenters. The first-order valence-corrected chi connectivity index (χ1v) is 9.80. The number of piperidine rings is 1. The first-order valence-electron chi connectivity index (χ1n) is 10.3. The van der Waals surface area contributed by atoms with E-state index >= 15 is 0 Å². The number of ether oxygens (including phenoxy) is 2. The fourth-order valence-corrected chi connectivity index (χ4v) is 4.12. The van der Waals surface area contributed by atoms with Crippen LogP contribution in [0.15, 0.2) is 0 Å². The molecular formula is C18H29N5O4. The lowest BCUT2D eigenvalue weighted by Crippen LogP contribution is -2.50. The third-order valence-electron chi connectivity index (χ3n) is 5.55. The molecule has 1 aliphatic heterocycles. The number of fused-ring (bicyclic) bond motifs is 1. The van der Waals surface area contributed by atoms with Gasteiger partial charge in [0.15, 0.2) is 5.82 Å². The Balaban J connectivity index is 1.47. The summed E-state index contributed by atoms with van der Waals surface area (Å²) in [6.45, 7) is 2.62. The second-order valence-electron chi connectivity index (χ2n) is 7.32. The molecule has 4 atom stereocenters. The van der Waals surface area contributed by atoms with Crippen LogP contribution in [0.4, 0.5) is 0 Å². The molecule has 2 heterocycles. The lowest BCUT2D eigenvalue weighted by molar-refractivity contribution is -0.151. The Kier molecular flexibility index (Phi) is 6.64. The maximum absolute atomic E-state index is 12.4. The van der Waals surface area contributed by atoms with Crippen molar-refractivity contribution < 1.29 is 20.4 Å². The van der Waals surface area contributed by atoms with E-state index in [0.29, 0.717) is 37.3 Å². The van der Waals surface area contributed by atoms with E-state index in [9.17, 15) is 9.59 Å². The molecule has 9 heteroatoms. The fraction of sp³-hybridized carbons (Fsp3) is 0.833. The Labute approximate surface area is 160 Å². The monoisotopic (exact) mass is 380 g/mol. The van der Waals surface area contributed by atoms with Crippen molar-refractivity contribution in [2.45, 2.75) is 57.9 Å². The van der Waals surface area contributed by atoms with Gasteiger partial charge in [0.1, 0.15) is 12.6 Å². The summed E-state index contributed by atoms with van der Waals surface area (Å²) in [5.74, 6) is 1.08. The summed E-state index contributed by atoms with van der Waals surface area (Å²) in [4.78, 5) is 23.8. The number of rotatable bonds is 8. The molecule has 27 heavy (non-hydrogen) atoms. The van der Waals surface area contributed by atoms with Crippen LogP contribution in [0, 0.1) is 17.8 Å². The maximum atomic E-state index is 12.4. The molecule has 1 saturated carbocycles. The molecule has 2 aliphatic rings. The number of aromatic nitrogens is 4. The van der Waals surface area contributed by atoms with E-state index in [4.69, 9.17) is 10.8 Å². The van der Waals surface area contributed by atoms with Crippen LogP contribution in [0.1, 0.15) is 52.6 Å². The summed E-state index contributed by atoms with van der Waals surface area (Å²) in [6.07, 6.45) is 5.48. The third kappa shape index (κ3) is 5.72. The Morgan fingerprint density at radius 3 is 2.93 bits per heavy atom. The number of nitrogens with zero attached hydrogens (tertiary/aromatic N) is 3. The molecule has 3 rings (SSSR count). The second kappa shape index (κ2) is 9.77. The number of aryl methyl sites for hydroxylation is 1. The summed E-state index contributed by atoms with van der Waals surface area (Å²) in [5, 5.41) is 17.1. The number of hydrogen-bond acceptors (Lipinski definition) is 8. The minimum atomic E-state index is -1.44. The van der Waals surface area contributed by atoms with E-state index < -0.39 is 18.0 Å². The van der Waals surface area contributed by atoms with E-state index in [1.54, 1.807) is 6.92 Å². The number of hydrogen-bond donors (Lipinski definition) is 2. The fourth-order valence-electron chi connectivity index (χ4n) is 4.12. The molecule has 0 spiro atoms. The molecule has 0 aromatic carbocycles. The highest BCUT2D eigenvalue weighted by Crippen LogP contribution is 2.40. The van der Waals surface area contributed by atoms with Gasteiger partial charge in [0.05, 0.1) is 14.4 Å². The summed E-state index contributed by atoms with van der Waals surface area (Å²) >= 11 is 0. The highest BCUT2D eigenvalue weighted by molar-refractivity contribution is 5.76. The van der Waals surface area contributed by atoms with Crippen molar-refractivity contribution in [3.63, 3.8) is 0 Å². The largest absolute Gasteiger partial charge is 0.466 e. The number of H-pyrrole nitrogens is 1.